The second-order valence-corrected chi connectivity index (χ2v) is 7.57. The molecule has 0 radical (unpaired) electrons. The van der Waals surface area contributed by atoms with E-state index < -0.39 is 41.0 Å². The molecule has 2 rings (SSSR count). The molecule has 8 heteroatoms. The number of rotatable bonds is 5. The van der Waals surface area contributed by atoms with E-state index in [1.165, 1.54) is 0 Å². The molecule has 1 unspecified atom stereocenters. The molecular formula is C19H17BrClF2NO3. The molecule has 0 heterocycles. The summed E-state index contributed by atoms with van der Waals surface area (Å²) in [5.41, 5.74) is -0.148. The number of benzene rings is 2. The first-order chi connectivity index (χ1) is 12.6. The molecule has 0 saturated heterocycles. The highest BCUT2D eigenvalue weighted by atomic mass is 79.9. The number of halogens is 4. The van der Waals surface area contributed by atoms with Crippen LogP contribution in [0, 0.1) is 24.5 Å². The van der Waals surface area contributed by atoms with Crippen molar-refractivity contribution in [2.75, 3.05) is 0 Å². The number of esters is 1. The number of carbonyl (C=O) groups is 2. The first kappa shape index (κ1) is 21.3. The maximum Gasteiger partial charge on any atom is 0.334 e. The summed E-state index contributed by atoms with van der Waals surface area (Å²) in [7, 11) is 0. The molecule has 2 aromatic carbocycles. The Labute approximate surface area is 169 Å². The zero-order valence-corrected chi connectivity index (χ0v) is 17.1. The molecule has 0 saturated carbocycles. The molecule has 0 aliphatic rings. The van der Waals surface area contributed by atoms with Crippen molar-refractivity contribution in [3.63, 3.8) is 0 Å². The van der Waals surface area contributed by atoms with Gasteiger partial charge in [-0.05, 0) is 42.7 Å². The lowest BCUT2D eigenvalue weighted by atomic mass is 10.0. The highest BCUT2D eigenvalue weighted by Crippen LogP contribution is 2.32. The average Bonchev–Trinajstić information content (AvgIpc) is 2.55. The van der Waals surface area contributed by atoms with Gasteiger partial charge in [-0.2, -0.15) is 0 Å². The summed E-state index contributed by atoms with van der Waals surface area (Å²) in [5.74, 6) is -4.11. The fourth-order valence-electron chi connectivity index (χ4n) is 2.41. The molecule has 0 bridgehead atoms. The molecule has 1 N–H and O–H groups in total. The van der Waals surface area contributed by atoms with Crippen molar-refractivity contribution < 1.29 is 23.1 Å². The monoisotopic (exact) mass is 459 g/mol. The van der Waals surface area contributed by atoms with E-state index in [2.05, 4.69) is 21.2 Å². The van der Waals surface area contributed by atoms with Crippen LogP contribution in [-0.2, 0) is 4.79 Å². The van der Waals surface area contributed by atoms with Crippen molar-refractivity contribution in [3.05, 3.63) is 62.6 Å². The summed E-state index contributed by atoms with van der Waals surface area (Å²) in [5, 5.41) is 2.55. The van der Waals surface area contributed by atoms with Gasteiger partial charge in [0.15, 0.2) is 5.75 Å². The van der Waals surface area contributed by atoms with E-state index in [0.717, 1.165) is 18.2 Å². The zero-order valence-electron chi connectivity index (χ0n) is 14.8. The summed E-state index contributed by atoms with van der Waals surface area (Å²) in [6.07, 6.45) is 0. The minimum absolute atomic E-state index is 0.154. The first-order valence-corrected chi connectivity index (χ1v) is 9.21. The van der Waals surface area contributed by atoms with Crippen molar-refractivity contribution in [2.24, 2.45) is 5.92 Å². The summed E-state index contributed by atoms with van der Waals surface area (Å²) in [6.45, 7) is 5.04. The predicted molar refractivity (Wildman–Crippen MR) is 102 cm³/mol. The molecule has 1 amide bonds. The van der Waals surface area contributed by atoms with Crippen LogP contribution in [0.3, 0.4) is 0 Å². The Bertz CT molecular complexity index is 846. The maximum atomic E-state index is 13.8. The summed E-state index contributed by atoms with van der Waals surface area (Å²) in [6, 6.07) is 5.22. The topological polar surface area (TPSA) is 55.4 Å². The van der Waals surface area contributed by atoms with Gasteiger partial charge in [0.1, 0.15) is 23.2 Å². The lowest BCUT2D eigenvalue weighted by molar-refractivity contribution is -0.137. The molecule has 0 aromatic heterocycles. The van der Waals surface area contributed by atoms with Gasteiger partial charge in [-0.25, -0.2) is 13.6 Å². The van der Waals surface area contributed by atoms with E-state index in [-0.39, 0.29) is 10.8 Å². The fraction of sp³-hybridized carbons (Fsp3) is 0.263. The Hall–Kier alpha value is -1.99. The molecular weight excluding hydrogens is 444 g/mol. The predicted octanol–water partition coefficient (Wildman–Crippen LogP) is 5.05. The van der Waals surface area contributed by atoms with Crippen LogP contribution < -0.4 is 10.1 Å². The summed E-state index contributed by atoms with van der Waals surface area (Å²) >= 11 is 9.40. The van der Waals surface area contributed by atoms with Gasteiger partial charge in [-0.3, -0.25) is 4.79 Å². The number of carbonyl (C=O) groups excluding carboxylic acids is 2. The molecule has 4 nitrogen and oxygen atoms in total. The first-order valence-electron chi connectivity index (χ1n) is 8.04. The smallest absolute Gasteiger partial charge is 0.334 e. The van der Waals surface area contributed by atoms with Crippen molar-refractivity contribution in [2.45, 2.75) is 26.8 Å². The maximum absolute atomic E-state index is 13.8. The number of aryl methyl sites for hydroxylation is 1. The third-order valence-electron chi connectivity index (χ3n) is 3.79. The zero-order chi connectivity index (χ0) is 20.3. The van der Waals surface area contributed by atoms with Gasteiger partial charge in [0.25, 0.3) is 5.91 Å². The van der Waals surface area contributed by atoms with E-state index in [9.17, 15) is 18.4 Å². The SMILES string of the molecule is Cc1cc(Br)cc(Cl)c1OC(=O)C(NC(=O)c1c(F)cccc1F)C(C)C. The highest BCUT2D eigenvalue weighted by Gasteiger charge is 2.29. The highest BCUT2D eigenvalue weighted by molar-refractivity contribution is 9.10. The summed E-state index contributed by atoms with van der Waals surface area (Å²) in [4.78, 5) is 24.9. The van der Waals surface area contributed by atoms with Crippen LogP contribution in [0.5, 0.6) is 5.75 Å². The molecule has 0 spiro atoms. The third-order valence-corrected chi connectivity index (χ3v) is 4.53. The minimum atomic E-state index is -1.13. The van der Waals surface area contributed by atoms with E-state index in [0.29, 0.717) is 10.0 Å². The van der Waals surface area contributed by atoms with Gasteiger partial charge in [0.2, 0.25) is 0 Å². The van der Waals surface area contributed by atoms with E-state index in [1.807, 2.05) is 0 Å². The molecule has 0 aliphatic heterocycles. The van der Waals surface area contributed by atoms with Crippen LogP contribution in [0.1, 0.15) is 29.8 Å². The van der Waals surface area contributed by atoms with Gasteiger partial charge in [0, 0.05) is 4.47 Å². The van der Waals surface area contributed by atoms with Crippen LogP contribution >= 0.6 is 27.5 Å². The number of hydrogen-bond donors (Lipinski definition) is 1. The Balaban J connectivity index is 2.25. The lowest BCUT2D eigenvalue weighted by Gasteiger charge is -2.22. The third kappa shape index (κ3) is 5.05. The molecule has 27 heavy (non-hydrogen) atoms. The summed E-state index contributed by atoms with van der Waals surface area (Å²) < 4.78 is 33.7. The van der Waals surface area contributed by atoms with Gasteiger partial charge in [-0.15, -0.1) is 0 Å². The van der Waals surface area contributed by atoms with Crippen molar-refractivity contribution in [1.82, 2.24) is 5.32 Å². The minimum Gasteiger partial charge on any atom is -0.423 e. The largest absolute Gasteiger partial charge is 0.423 e. The van der Waals surface area contributed by atoms with Crippen molar-refractivity contribution in [3.8, 4) is 5.75 Å². The van der Waals surface area contributed by atoms with Crippen molar-refractivity contribution >= 4 is 39.4 Å². The molecule has 2 aromatic rings. The van der Waals surface area contributed by atoms with Crippen LogP contribution in [0.25, 0.3) is 0 Å². The van der Waals surface area contributed by atoms with Gasteiger partial charge >= 0.3 is 5.97 Å². The van der Waals surface area contributed by atoms with Gasteiger partial charge in [0.05, 0.1) is 5.02 Å². The Morgan fingerprint density at radius 3 is 2.30 bits per heavy atom. The number of nitrogens with one attached hydrogen (secondary N) is 1. The van der Waals surface area contributed by atoms with Crippen molar-refractivity contribution in [1.29, 1.82) is 0 Å². The number of hydrogen-bond acceptors (Lipinski definition) is 3. The fourth-order valence-corrected chi connectivity index (χ4v) is 3.42. The molecule has 0 aliphatic carbocycles. The standard InChI is InChI=1S/C19H17BrClF2NO3/c1-9(2)16(24-18(25)15-13(22)5-4-6-14(15)23)19(26)27-17-10(3)7-11(20)8-12(17)21/h4-9,16H,1-3H3,(H,24,25). The molecule has 1 atom stereocenters. The van der Waals surface area contributed by atoms with Crippen LogP contribution in [0.15, 0.2) is 34.8 Å². The van der Waals surface area contributed by atoms with E-state index in [4.69, 9.17) is 16.3 Å². The number of amides is 1. The quantitative estimate of drug-likeness (QED) is 0.502. The lowest BCUT2D eigenvalue weighted by Crippen LogP contribution is -2.46. The second-order valence-electron chi connectivity index (χ2n) is 6.25. The molecule has 144 valence electrons. The van der Waals surface area contributed by atoms with E-state index in [1.54, 1.807) is 32.9 Å². The Kier molecular flexibility index (Phi) is 6.95. The van der Waals surface area contributed by atoms with Gasteiger partial charge in [-0.1, -0.05) is 47.4 Å². The molecule has 0 fully saturated rings. The Morgan fingerprint density at radius 1 is 1.19 bits per heavy atom. The number of ether oxygens (including phenoxy) is 1. The van der Waals surface area contributed by atoms with Crippen LogP contribution in [0.2, 0.25) is 5.02 Å². The van der Waals surface area contributed by atoms with Crippen LogP contribution in [-0.4, -0.2) is 17.9 Å². The van der Waals surface area contributed by atoms with Gasteiger partial charge < -0.3 is 10.1 Å². The van der Waals surface area contributed by atoms with Crippen LogP contribution in [0.4, 0.5) is 8.78 Å². The average molecular weight is 461 g/mol. The Morgan fingerprint density at radius 2 is 1.78 bits per heavy atom. The normalized spacial score (nSPS) is 12.0. The van der Waals surface area contributed by atoms with E-state index >= 15 is 0 Å². The second kappa shape index (κ2) is 8.80.